The molecule has 1 atom stereocenters. The summed E-state index contributed by atoms with van der Waals surface area (Å²) in [6, 6.07) is 18.2. The predicted octanol–water partition coefficient (Wildman–Crippen LogP) is 5.33. The molecule has 0 bridgehead atoms. The second-order valence-corrected chi connectivity index (χ2v) is 7.88. The number of carbonyl (C=O) groups is 1. The number of ether oxygens (including phenoxy) is 1. The molecule has 1 aliphatic heterocycles. The number of fused-ring (bicyclic) bond motifs is 1. The number of aryl methyl sites for hydroxylation is 1. The number of hydrogen-bond acceptors (Lipinski definition) is 3. The van der Waals surface area contributed by atoms with Crippen molar-refractivity contribution in [2.75, 3.05) is 6.54 Å². The van der Waals surface area contributed by atoms with E-state index in [0.29, 0.717) is 11.6 Å². The summed E-state index contributed by atoms with van der Waals surface area (Å²) in [6.45, 7) is 3.73. The Hall–Kier alpha value is -3.08. The van der Waals surface area contributed by atoms with E-state index in [0.717, 1.165) is 62.5 Å². The number of imidazole rings is 1. The smallest absolute Gasteiger partial charge is 0.271 e. The van der Waals surface area contributed by atoms with Gasteiger partial charge in [-0.15, -0.1) is 0 Å². The van der Waals surface area contributed by atoms with Crippen molar-refractivity contribution < 1.29 is 9.53 Å². The molecule has 5 nitrogen and oxygen atoms in total. The molecule has 0 saturated carbocycles. The van der Waals surface area contributed by atoms with E-state index < -0.39 is 0 Å². The molecule has 0 spiro atoms. The Morgan fingerprint density at radius 1 is 1.10 bits per heavy atom. The van der Waals surface area contributed by atoms with Crippen molar-refractivity contribution in [3.05, 3.63) is 77.9 Å². The fourth-order valence-corrected chi connectivity index (χ4v) is 3.93. The first-order chi connectivity index (χ1) is 14.7. The summed E-state index contributed by atoms with van der Waals surface area (Å²) in [5, 5.41) is 2.98. The van der Waals surface area contributed by atoms with Crippen LogP contribution in [0.25, 0.3) is 0 Å². The molecule has 0 unspecified atom stereocenters. The number of rotatable bonds is 8. The lowest BCUT2D eigenvalue weighted by Crippen LogP contribution is -2.24. The first kappa shape index (κ1) is 20.2. The van der Waals surface area contributed by atoms with Crippen LogP contribution in [0, 0.1) is 0 Å². The molecule has 0 aliphatic carbocycles. The number of amides is 1. The van der Waals surface area contributed by atoms with Crippen molar-refractivity contribution in [2.24, 2.45) is 0 Å². The molecule has 0 saturated heterocycles. The van der Waals surface area contributed by atoms with E-state index in [2.05, 4.69) is 33.9 Å². The van der Waals surface area contributed by atoms with Gasteiger partial charge in [0.25, 0.3) is 5.91 Å². The minimum absolute atomic E-state index is 0.0630. The summed E-state index contributed by atoms with van der Waals surface area (Å²) in [7, 11) is 0. The third-order valence-corrected chi connectivity index (χ3v) is 5.62. The Bertz CT molecular complexity index is 964. The van der Waals surface area contributed by atoms with E-state index in [-0.39, 0.29) is 5.91 Å². The van der Waals surface area contributed by atoms with E-state index >= 15 is 0 Å². The molecule has 0 radical (unpaired) electrons. The highest BCUT2D eigenvalue weighted by Crippen LogP contribution is 2.31. The number of nitrogens with one attached hydrogen (secondary N) is 1. The molecule has 2 heterocycles. The van der Waals surface area contributed by atoms with Gasteiger partial charge < -0.3 is 14.6 Å². The van der Waals surface area contributed by atoms with Gasteiger partial charge in [-0.3, -0.25) is 4.79 Å². The van der Waals surface area contributed by atoms with Crippen molar-refractivity contribution in [3.63, 3.8) is 0 Å². The molecule has 3 aromatic rings. The molecule has 1 aliphatic rings. The summed E-state index contributed by atoms with van der Waals surface area (Å²) in [6.07, 6.45) is 7.13. The van der Waals surface area contributed by atoms with Crippen LogP contribution in [0.5, 0.6) is 11.5 Å². The van der Waals surface area contributed by atoms with Crippen LogP contribution in [-0.2, 0) is 13.0 Å². The van der Waals surface area contributed by atoms with E-state index in [1.54, 1.807) is 0 Å². The number of benzene rings is 2. The summed E-state index contributed by atoms with van der Waals surface area (Å²) >= 11 is 0. The molecule has 5 heteroatoms. The van der Waals surface area contributed by atoms with Crippen LogP contribution in [0.2, 0.25) is 0 Å². The number of carbonyl (C=O) groups excluding carboxylic acids is 1. The lowest BCUT2D eigenvalue weighted by Gasteiger charge is -2.24. The van der Waals surface area contributed by atoms with E-state index in [1.807, 2.05) is 48.7 Å². The van der Waals surface area contributed by atoms with E-state index in [1.165, 1.54) is 5.56 Å². The third kappa shape index (κ3) is 4.90. The minimum atomic E-state index is -0.0630. The summed E-state index contributed by atoms with van der Waals surface area (Å²) in [5.74, 6) is 3.04. The average molecular weight is 404 g/mol. The highest BCUT2D eigenvalue weighted by molar-refractivity contribution is 5.92. The quantitative estimate of drug-likeness (QED) is 0.518. The van der Waals surface area contributed by atoms with Crippen LogP contribution in [-0.4, -0.2) is 22.0 Å². The van der Waals surface area contributed by atoms with Gasteiger partial charge in [-0.1, -0.05) is 50.1 Å². The van der Waals surface area contributed by atoms with Crippen LogP contribution in [0.3, 0.4) is 0 Å². The van der Waals surface area contributed by atoms with Gasteiger partial charge in [0, 0.05) is 31.6 Å². The van der Waals surface area contributed by atoms with Crippen molar-refractivity contribution >= 4 is 5.91 Å². The Morgan fingerprint density at radius 3 is 2.63 bits per heavy atom. The molecule has 1 N–H and O–H groups in total. The molecule has 0 fully saturated rings. The largest absolute Gasteiger partial charge is 0.457 e. The monoisotopic (exact) mass is 403 g/mol. The molecule has 4 rings (SSSR count). The standard InChI is InChI=1S/C25H29N3O2/c1-2-3-7-16-26-25(29)23-18-28-17-20(12-15-24(28)27-23)19-10-13-22(14-11-19)30-21-8-5-4-6-9-21/h4-6,8-11,13-14,18,20H,2-3,7,12,15-17H2,1H3,(H,26,29)/t20-/m1/s1. The van der Waals surface area contributed by atoms with Gasteiger partial charge in [0.1, 0.15) is 23.0 Å². The maximum Gasteiger partial charge on any atom is 0.271 e. The SMILES string of the molecule is CCCCCNC(=O)c1cn2c(n1)CC[C@@H](c1ccc(Oc3ccccc3)cc1)C2. The zero-order valence-electron chi connectivity index (χ0n) is 17.5. The van der Waals surface area contributed by atoms with Crippen LogP contribution >= 0.6 is 0 Å². The Morgan fingerprint density at radius 2 is 1.87 bits per heavy atom. The van der Waals surface area contributed by atoms with Gasteiger partial charge >= 0.3 is 0 Å². The zero-order valence-corrected chi connectivity index (χ0v) is 17.5. The molecule has 156 valence electrons. The van der Waals surface area contributed by atoms with Crippen molar-refractivity contribution in [3.8, 4) is 11.5 Å². The first-order valence-electron chi connectivity index (χ1n) is 10.9. The third-order valence-electron chi connectivity index (χ3n) is 5.62. The van der Waals surface area contributed by atoms with Gasteiger partial charge in [-0.2, -0.15) is 0 Å². The Labute approximate surface area is 178 Å². The Kier molecular flexibility index (Phi) is 6.47. The summed E-state index contributed by atoms with van der Waals surface area (Å²) in [4.78, 5) is 16.9. The number of nitrogens with zero attached hydrogens (tertiary/aromatic N) is 2. The Balaban J connectivity index is 1.37. The molecular formula is C25H29N3O2. The normalized spacial score (nSPS) is 15.4. The fourth-order valence-electron chi connectivity index (χ4n) is 3.93. The molecule has 1 amide bonds. The van der Waals surface area contributed by atoms with Crippen molar-refractivity contribution in [1.82, 2.24) is 14.9 Å². The number of para-hydroxylation sites is 1. The second kappa shape index (κ2) is 9.61. The van der Waals surface area contributed by atoms with Crippen LogP contribution in [0.15, 0.2) is 60.8 Å². The highest BCUT2D eigenvalue weighted by atomic mass is 16.5. The average Bonchev–Trinajstić information content (AvgIpc) is 3.21. The number of hydrogen-bond donors (Lipinski definition) is 1. The lowest BCUT2D eigenvalue weighted by molar-refractivity contribution is 0.0948. The fraction of sp³-hybridized carbons (Fsp3) is 0.360. The number of unbranched alkanes of at least 4 members (excludes halogenated alkanes) is 2. The predicted molar refractivity (Wildman–Crippen MR) is 118 cm³/mol. The van der Waals surface area contributed by atoms with Crippen LogP contribution in [0.1, 0.15) is 60.4 Å². The maximum absolute atomic E-state index is 12.4. The molecule has 30 heavy (non-hydrogen) atoms. The summed E-state index contributed by atoms with van der Waals surface area (Å²) < 4.78 is 8.04. The summed E-state index contributed by atoms with van der Waals surface area (Å²) in [5.41, 5.74) is 1.83. The van der Waals surface area contributed by atoms with Crippen molar-refractivity contribution in [2.45, 2.75) is 51.5 Å². The van der Waals surface area contributed by atoms with E-state index in [9.17, 15) is 4.79 Å². The van der Waals surface area contributed by atoms with Gasteiger partial charge in [-0.05, 0) is 42.7 Å². The molecular weight excluding hydrogens is 374 g/mol. The van der Waals surface area contributed by atoms with Crippen LogP contribution in [0.4, 0.5) is 0 Å². The molecule has 1 aromatic heterocycles. The van der Waals surface area contributed by atoms with Crippen LogP contribution < -0.4 is 10.1 Å². The van der Waals surface area contributed by atoms with E-state index in [4.69, 9.17) is 4.74 Å². The van der Waals surface area contributed by atoms with Gasteiger partial charge in [0.2, 0.25) is 0 Å². The lowest BCUT2D eigenvalue weighted by atomic mass is 9.91. The van der Waals surface area contributed by atoms with Crippen molar-refractivity contribution in [1.29, 1.82) is 0 Å². The minimum Gasteiger partial charge on any atom is -0.457 e. The number of aromatic nitrogens is 2. The topological polar surface area (TPSA) is 56.2 Å². The molecule has 2 aromatic carbocycles. The van der Waals surface area contributed by atoms with Gasteiger partial charge in [0.15, 0.2) is 0 Å². The van der Waals surface area contributed by atoms with Gasteiger partial charge in [0.05, 0.1) is 0 Å². The second-order valence-electron chi connectivity index (χ2n) is 7.88. The maximum atomic E-state index is 12.4. The zero-order chi connectivity index (χ0) is 20.8. The first-order valence-corrected chi connectivity index (χ1v) is 10.9. The highest BCUT2D eigenvalue weighted by Gasteiger charge is 2.23. The van der Waals surface area contributed by atoms with Gasteiger partial charge in [-0.25, -0.2) is 4.98 Å².